The van der Waals surface area contributed by atoms with Crippen LogP contribution in [0.3, 0.4) is 0 Å². The maximum atomic E-state index is 10.1. The van der Waals surface area contributed by atoms with Gasteiger partial charge in [-0.3, -0.25) is 0 Å². The Kier molecular flexibility index (Phi) is 7.49. The minimum atomic E-state index is -1.63. The van der Waals surface area contributed by atoms with Gasteiger partial charge < -0.3 is 44.8 Å². The van der Waals surface area contributed by atoms with Crippen LogP contribution in [0.15, 0.2) is 0 Å². The summed E-state index contributed by atoms with van der Waals surface area (Å²) in [6.07, 6.45) is -11.9. The Hall–Kier alpha value is -0.440. The van der Waals surface area contributed by atoms with Crippen LogP contribution in [-0.4, -0.2) is 112 Å². The van der Waals surface area contributed by atoms with Gasteiger partial charge in [0.2, 0.25) is 6.29 Å². The number of hydrogen-bond acceptors (Lipinski definition) is 11. The highest BCUT2D eigenvalue weighted by molar-refractivity contribution is 4.92. The van der Waals surface area contributed by atoms with Crippen molar-refractivity contribution in [1.82, 2.24) is 0 Å². The summed E-state index contributed by atoms with van der Waals surface area (Å²) in [6.45, 7) is 0.596. The van der Waals surface area contributed by atoms with Crippen molar-refractivity contribution in [1.29, 1.82) is 0 Å². The van der Waals surface area contributed by atoms with E-state index in [1.807, 2.05) is 0 Å². The standard InChI is InChI=1S/C14H26O11/c1-5-12(13(21-2)9(18)7(4-16)22-5)24-25-14-11(20)10(19)8(17)6(3-15)23-14/h5-20H,3-4H2,1-2H3/t5-,6?,7?,8+,9+,10+,11?,12?,13+,14-/m1/s1. The van der Waals surface area contributed by atoms with E-state index >= 15 is 0 Å². The Balaban J connectivity index is 2.01. The number of aliphatic hydroxyl groups excluding tert-OH is 6. The lowest BCUT2D eigenvalue weighted by Crippen LogP contribution is -2.61. The van der Waals surface area contributed by atoms with E-state index in [1.165, 1.54) is 7.11 Å². The van der Waals surface area contributed by atoms with Gasteiger partial charge in [-0.1, -0.05) is 0 Å². The van der Waals surface area contributed by atoms with Gasteiger partial charge in [0.25, 0.3) is 0 Å². The highest BCUT2D eigenvalue weighted by atomic mass is 17.2. The summed E-state index contributed by atoms with van der Waals surface area (Å²) in [4.78, 5) is 10.2. The van der Waals surface area contributed by atoms with Gasteiger partial charge in [-0.15, -0.1) is 0 Å². The molecular weight excluding hydrogens is 344 g/mol. The van der Waals surface area contributed by atoms with E-state index in [9.17, 15) is 25.5 Å². The lowest BCUT2D eigenvalue weighted by atomic mass is 9.96. The zero-order valence-electron chi connectivity index (χ0n) is 13.9. The van der Waals surface area contributed by atoms with Crippen molar-refractivity contribution >= 4 is 0 Å². The summed E-state index contributed by atoms with van der Waals surface area (Å²) in [7, 11) is 1.34. The second-order valence-electron chi connectivity index (χ2n) is 6.11. The molecule has 0 saturated carbocycles. The first-order chi connectivity index (χ1) is 11.8. The molecule has 0 spiro atoms. The van der Waals surface area contributed by atoms with Gasteiger partial charge in [-0.05, 0) is 6.92 Å². The summed E-state index contributed by atoms with van der Waals surface area (Å²) in [5.41, 5.74) is 0. The molecule has 0 aromatic rings. The van der Waals surface area contributed by atoms with Crippen molar-refractivity contribution in [2.75, 3.05) is 20.3 Å². The van der Waals surface area contributed by atoms with Gasteiger partial charge in [0.1, 0.15) is 48.8 Å². The van der Waals surface area contributed by atoms with Crippen LogP contribution in [0.25, 0.3) is 0 Å². The number of methoxy groups -OCH3 is 1. The quantitative estimate of drug-likeness (QED) is 0.201. The van der Waals surface area contributed by atoms with E-state index in [-0.39, 0.29) is 0 Å². The topological polar surface area (TPSA) is 168 Å². The Morgan fingerprint density at radius 3 is 1.92 bits per heavy atom. The predicted octanol–water partition coefficient (Wildman–Crippen LogP) is -3.74. The van der Waals surface area contributed by atoms with Crippen LogP contribution in [0, 0.1) is 0 Å². The van der Waals surface area contributed by atoms with Crippen LogP contribution in [0.5, 0.6) is 0 Å². The number of aliphatic hydroxyl groups is 6. The summed E-state index contributed by atoms with van der Waals surface area (Å²) in [6, 6.07) is 0. The molecule has 2 fully saturated rings. The van der Waals surface area contributed by atoms with E-state index in [2.05, 4.69) is 0 Å². The van der Waals surface area contributed by atoms with E-state index in [4.69, 9.17) is 29.1 Å². The molecule has 2 saturated heterocycles. The fraction of sp³-hybridized carbons (Fsp3) is 1.00. The van der Waals surface area contributed by atoms with E-state index < -0.39 is 74.4 Å². The van der Waals surface area contributed by atoms with Gasteiger partial charge in [0, 0.05) is 7.11 Å². The molecule has 0 amide bonds. The fourth-order valence-electron chi connectivity index (χ4n) is 2.93. The highest BCUT2D eigenvalue weighted by Gasteiger charge is 2.48. The van der Waals surface area contributed by atoms with Crippen LogP contribution in [0.2, 0.25) is 0 Å². The van der Waals surface area contributed by atoms with E-state index in [0.29, 0.717) is 0 Å². The molecule has 11 heteroatoms. The molecule has 10 atom stereocenters. The molecule has 2 aliphatic heterocycles. The molecule has 11 nitrogen and oxygen atoms in total. The molecule has 25 heavy (non-hydrogen) atoms. The molecule has 6 N–H and O–H groups in total. The molecule has 0 aromatic heterocycles. The van der Waals surface area contributed by atoms with E-state index in [1.54, 1.807) is 6.92 Å². The van der Waals surface area contributed by atoms with Crippen molar-refractivity contribution in [3.05, 3.63) is 0 Å². The second kappa shape index (κ2) is 8.97. The van der Waals surface area contributed by atoms with Crippen LogP contribution >= 0.6 is 0 Å². The van der Waals surface area contributed by atoms with Crippen LogP contribution in [0.4, 0.5) is 0 Å². The second-order valence-corrected chi connectivity index (χ2v) is 6.11. The lowest BCUT2D eigenvalue weighted by molar-refractivity contribution is -0.459. The first-order valence-electron chi connectivity index (χ1n) is 7.95. The van der Waals surface area contributed by atoms with Gasteiger partial charge in [-0.2, -0.15) is 0 Å². The average molecular weight is 370 g/mol. The monoisotopic (exact) mass is 370 g/mol. The SMILES string of the molecule is CO[C@@H]1C(OO[C@H]2OC(CO)[C@H](O)[C@H](O)C2O)[C@@H](C)OC(CO)[C@@H]1O. The van der Waals surface area contributed by atoms with Crippen molar-refractivity contribution < 1.29 is 54.6 Å². The summed E-state index contributed by atoms with van der Waals surface area (Å²) in [5, 5.41) is 57.8. The molecule has 0 bridgehead atoms. The minimum absolute atomic E-state index is 0.411. The molecule has 4 unspecified atom stereocenters. The third-order valence-electron chi connectivity index (χ3n) is 4.46. The van der Waals surface area contributed by atoms with E-state index in [0.717, 1.165) is 0 Å². The van der Waals surface area contributed by atoms with Crippen LogP contribution in [0.1, 0.15) is 6.92 Å². The number of ether oxygens (including phenoxy) is 3. The molecule has 0 radical (unpaired) electrons. The lowest BCUT2D eigenvalue weighted by Gasteiger charge is -2.43. The van der Waals surface area contributed by atoms with Gasteiger partial charge in [0.05, 0.1) is 19.3 Å². The molecule has 2 heterocycles. The third kappa shape index (κ3) is 4.28. The first-order valence-corrected chi connectivity index (χ1v) is 7.95. The zero-order chi connectivity index (χ0) is 18.7. The van der Waals surface area contributed by atoms with Crippen molar-refractivity contribution in [3.63, 3.8) is 0 Å². The van der Waals surface area contributed by atoms with Crippen LogP contribution in [-0.2, 0) is 24.0 Å². The van der Waals surface area contributed by atoms with Gasteiger partial charge in [-0.25, -0.2) is 9.78 Å². The number of hydrogen-bond donors (Lipinski definition) is 6. The molecule has 2 aliphatic rings. The highest BCUT2D eigenvalue weighted by Crippen LogP contribution is 2.28. The normalized spacial score (nSPS) is 48.5. The first kappa shape index (κ1) is 20.9. The summed E-state index contributed by atoms with van der Waals surface area (Å²) >= 11 is 0. The smallest absolute Gasteiger partial charge is 0.220 e. The summed E-state index contributed by atoms with van der Waals surface area (Å²) < 4.78 is 15.8. The molecule has 148 valence electrons. The fourth-order valence-corrected chi connectivity index (χ4v) is 2.93. The zero-order valence-corrected chi connectivity index (χ0v) is 13.9. The maximum absolute atomic E-state index is 10.1. The Labute approximate surface area is 144 Å². The van der Waals surface area contributed by atoms with Gasteiger partial charge >= 0.3 is 0 Å². The number of rotatable bonds is 6. The molecule has 0 aromatic carbocycles. The largest absolute Gasteiger partial charge is 0.394 e. The predicted molar refractivity (Wildman–Crippen MR) is 77.9 cm³/mol. The van der Waals surface area contributed by atoms with Crippen molar-refractivity contribution in [3.8, 4) is 0 Å². The maximum Gasteiger partial charge on any atom is 0.220 e. The Morgan fingerprint density at radius 1 is 0.760 bits per heavy atom. The van der Waals surface area contributed by atoms with Crippen molar-refractivity contribution in [2.45, 2.75) is 68.1 Å². The Morgan fingerprint density at radius 2 is 1.36 bits per heavy atom. The average Bonchev–Trinajstić information content (AvgIpc) is 2.61. The Bertz CT molecular complexity index is 408. The van der Waals surface area contributed by atoms with Gasteiger partial charge in [0.15, 0.2) is 0 Å². The van der Waals surface area contributed by atoms with Crippen LogP contribution < -0.4 is 0 Å². The minimum Gasteiger partial charge on any atom is -0.394 e. The third-order valence-corrected chi connectivity index (χ3v) is 4.46. The van der Waals surface area contributed by atoms with Crippen molar-refractivity contribution in [2.24, 2.45) is 0 Å². The molecular formula is C14H26O11. The molecule has 2 rings (SSSR count). The molecule has 0 aliphatic carbocycles. The summed E-state index contributed by atoms with van der Waals surface area (Å²) in [5.74, 6) is 0.